The van der Waals surface area contributed by atoms with Crippen molar-refractivity contribution in [2.75, 3.05) is 0 Å². The molecule has 0 heterocycles. The molecule has 0 unspecified atom stereocenters. The van der Waals surface area contributed by atoms with Crippen molar-refractivity contribution in [3.8, 4) is 0 Å². The Labute approximate surface area is 74.4 Å². The molecule has 0 aromatic heterocycles. The van der Waals surface area contributed by atoms with Gasteiger partial charge in [-0.25, -0.2) is 0 Å². The van der Waals surface area contributed by atoms with E-state index in [0.29, 0.717) is 0 Å². The summed E-state index contributed by atoms with van der Waals surface area (Å²) in [6.45, 7) is 0. The van der Waals surface area contributed by atoms with E-state index in [1.165, 1.54) is 0 Å². The number of halogens is 5. The van der Waals surface area contributed by atoms with Crippen molar-refractivity contribution in [1.82, 2.24) is 0 Å². The molecular formula is Cl5CuRu. The molecule has 0 aromatic rings. The Kier molecular flexibility index (Phi) is 20.0. The molecule has 0 saturated heterocycles. The summed E-state index contributed by atoms with van der Waals surface area (Å²) >= 11 is -0.996. The third-order valence-corrected chi connectivity index (χ3v) is 0. The first-order valence-corrected chi connectivity index (χ1v) is 9.93. The van der Waals surface area contributed by atoms with Gasteiger partial charge >= 0.3 is 75.4 Å². The molecule has 0 bridgehead atoms. The molecule has 0 fully saturated rings. The number of hydrogen-bond acceptors (Lipinski definition) is 0. The molecule has 0 aliphatic rings. The Hall–Kier alpha value is 2.59. The second kappa shape index (κ2) is 11.4. The Morgan fingerprint density at radius 2 is 1.00 bits per heavy atom. The van der Waals surface area contributed by atoms with Crippen LogP contribution in [0.4, 0.5) is 0 Å². The van der Waals surface area contributed by atoms with Crippen molar-refractivity contribution >= 4 is 49.3 Å². The zero-order valence-electron chi connectivity index (χ0n) is 2.54. The van der Waals surface area contributed by atoms with E-state index in [2.05, 4.69) is 20.2 Å². The quantitative estimate of drug-likeness (QED) is 0.592. The van der Waals surface area contributed by atoms with E-state index < -0.39 is 13.0 Å². The Morgan fingerprint density at radius 1 is 1.00 bits per heavy atom. The summed E-state index contributed by atoms with van der Waals surface area (Å²) in [5, 5.41) is 0. The predicted molar refractivity (Wildman–Crippen MR) is 29.3 cm³/mol. The molecule has 0 saturated carbocycles. The summed E-state index contributed by atoms with van der Waals surface area (Å²) in [7, 11) is 24.2. The number of hydrogen-bond donors (Lipinski definition) is 0. The monoisotopic (exact) mass is 340 g/mol. The molecule has 0 atom stereocenters. The standard InChI is InChI=1S/5ClH.Cu.Ru/h5*1H;;/q;;;;;+2;+3/p-5. The van der Waals surface area contributed by atoms with Crippen molar-refractivity contribution in [2.24, 2.45) is 0 Å². The molecule has 0 aliphatic carbocycles. The van der Waals surface area contributed by atoms with Crippen molar-refractivity contribution in [3.05, 3.63) is 0 Å². The van der Waals surface area contributed by atoms with E-state index in [1.54, 1.807) is 0 Å². The summed E-state index contributed by atoms with van der Waals surface area (Å²) in [6.07, 6.45) is 0. The van der Waals surface area contributed by atoms with E-state index in [4.69, 9.17) is 29.1 Å². The fourth-order valence-corrected chi connectivity index (χ4v) is 0. The number of rotatable bonds is 0. The van der Waals surface area contributed by atoms with E-state index in [9.17, 15) is 0 Å². The Balaban J connectivity index is 0. The topological polar surface area (TPSA) is 0 Å². The molecule has 0 nitrogen and oxygen atoms in total. The Morgan fingerprint density at radius 3 is 1.00 bits per heavy atom. The molecule has 0 N–H and O–H groups in total. The first kappa shape index (κ1) is 12.3. The van der Waals surface area contributed by atoms with Crippen LogP contribution in [0, 0.1) is 0 Å². The summed E-state index contributed by atoms with van der Waals surface area (Å²) in [5.41, 5.74) is 0. The summed E-state index contributed by atoms with van der Waals surface area (Å²) in [5.74, 6) is 0. The van der Waals surface area contributed by atoms with Gasteiger partial charge in [-0.05, 0) is 0 Å². The molecule has 0 spiro atoms. The average molecular weight is 342 g/mol. The van der Waals surface area contributed by atoms with Gasteiger partial charge in [0.25, 0.3) is 0 Å². The zero-order valence-corrected chi connectivity index (χ0v) is 9.00. The second-order valence-corrected chi connectivity index (χ2v) is 9.67. The van der Waals surface area contributed by atoms with Gasteiger partial charge in [-0.15, -0.1) is 0 Å². The molecule has 7 heavy (non-hydrogen) atoms. The first-order chi connectivity index (χ1) is 3.15. The van der Waals surface area contributed by atoms with Gasteiger partial charge in [0, 0.05) is 0 Å². The molecule has 7 heteroatoms. The van der Waals surface area contributed by atoms with Crippen molar-refractivity contribution in [1.29, 1.82) is 0 Å². The van der Waals surface area contributed by atoms with Crippen molar-refractivity contribution in [3.63, 3.8) is 0 Å². The van der Waals surface area contributed by atoms with Gasteiger partial charge in [0.1, 0.15) is 0 Å². The van der Waals surface area contributed by atoms with Crippen LogP contribution in [0.3, 0.4) is 0 Å². The van der Waals surface area contributed by atoms with E-state index in [1.807, 2.05) is 0 Å². The van der Waals surface area contributed by atoms with Gasteiger partial charge < -0.3 is 0 Å². The van der Waals surface area contributed by atoms with Gasteiger partial charge in [0.15, 0.2) is 0 Å². The zero-order chi connectivity index (χ0) is 6.28. The summed E-state index contributed by atoms with van der Waals surface area (Å²) in [4.78, 5) is 0. The SMILES string of the molecule is [Cl][Cu][Cl].[Cl][Ru]([Cl])[Cl]. The van der Waals surface area contributed by atoms with Crippen LogP contribution in [-0.4, -0.2) is 0 Å². The van der Waals surface area contributed by atoms with Crippen LogP contribution in [0.15, 0.2) is 0 Å². The molecule has 54 valence electrons. The fraction of sp³-hybridized carbons (Fsp3) is 0. The average Bonchev–Trinajstić information content (AvgIpc) is 1.33. The van der Waals surface area contributed by atoms with Gasteiger partial charge in [-0.1, -0.05) is 0 Å². The van der Waals surface area contributed by atoms with Gasteiger partial charge in [0.2, 0.25) is 0 Å². The minimum absolute atomic E-state index is 0.757. The third kappa shape index (κ3) is 55.6. The molecule has 0 aliphatic heterocycles. The van der Waals surface area contributed by atoms with E-state index >= 15 is 0 Å². The van der Waals surface area contributed by atoms with Crippen LogP contribution < -0.4 is 0 Å². The molecular weight excluding hydrogens is 342 g/mol. The van der Waals surface area contributed by atoms with Crippen LogP contribution >= 0.6 is 49.3 Å². The van der Waals surface area contributed by atoms with E-state index in [-0.39, 0.29) is 0 Å². The van der Waals surface area contributed by atoms with Gasteiger partial charge in [0.05, 0.1) is 0 Å². The van der Waals surface area contributed by atoms with E-state index in [0.717, 1.165) is 13.1 Å². The van der Waals surface area contributed by atoms with Crippen LogP contribution in [0.25, 0.3) is 0 Å². The fourth-order valence-electron chi connectivity index (χ4n) is 0. The van der Waals surface area contributed by atoms with Crippen LogP contribution in [-0.2, 0) is 26.1 Å². The van der Waals surface area contributed by atoms with Crippen LogP contribution in [0.2, 0.25) is 0 Å². The molecule has 0 radical (unpaired) electrons. The van der Waals surface area contributed by atoms with Crippen LogP contribution in [0.1, 0.15) is 0 Å². The normalized spacial score (nSPS) is 9.57. The Bertz CT molecular complexity index is 19.3. The third-order valence-electron chi connectivity index (χ3n) is 0. The minimum atomic E-state index is -1.75. The van der Waals surface area contributed by atoms with Gasteiger partial charge in [-0.3, -0.25) is 0 Å². The first-order valence-electron chi connectivity index (χ1n) is 0.629. The van der Waals surface area contributed by atoms with Crippen molar-refractivity contribution in [2.45, 2.75) is 0 Å². The van der Waals surface area contributed by atoms with Crippen LogP contribution in [0.5, 0.6) is 0 Å². The van der Waals surface area contributed by atoms with Gasteiger partial charge in [-0.2, -0.15) is 0 Å². The molecule has 0 aromatic carbocycles. The molecule has 0 amide bonds. The predicted octanol–water partition coefficient (Wildman–Crippen LogP) is 3.44. The van der Waals surface area contributed by atoms with Crippen molar-refractivity contribution < 1.29 is 26.1 Å². The maximum absolute atomic E-state index is 4.95. The molecule has 0 rings (SSSR count). The maximum atomic E-state index is 4.95. The summed E-state index contributed by atoms with van der Waals surface area (Å²) < 4.78 is 0. The summed E-state index contributed by atoms with van der Waals surface area (Å²) in [6, 6.07) is 0. The second-order valence-electron chi connectivity index (χ2n) is 0.195.